The van der Waals surface area contributed by atoms with Crippen LogP contribution in [0.2, 0.25) is 0 Å². The lowest BCUT2D eigenvalue weighted by molar-refractivity contribution is 0.138. The Balaban J connectivity index is 1.86. The second-order valence-corrected chi connectivity index (χ2v) is 4.76. The van der Waals surface area contributed by atoms with Gasteiger partial charge in [0.05, 0.1) is 6.07 Å². The van der Waals surface area contributed by atoms with E-state index in [1.165, 1.54) is 11.3 Å². The van der Waals surface area contributed by atoms with Crippen molar-refractivity contribution >= 4 is 17.4 Å². The van der Waals surface area contributed by atoms with Crippen molar-refractivity contribution < 1.29 is 9.53 Å². The van der Waals surface area contributed by atoms with Crippen LogP contribution < -0.4 is 5.32 Å². The number of thiophene rings is 1. The van der Waals surface area contributed by atoms with Crippen molar-refractivity contribution in [1.29, 1.82) is 5.26 Å². The molecule has 1 heterocycles. The molecule has 0 aliphatic heterocycles. The van der Waals surface area contributed by atoms with Crippen LogP contribution in [0.4, 0.5) is 4.79 Å². The topological polar surface area (TPSA) is 62.1 Å². The molecule has 1 aromatic heterocycles. The quantitative estimate of drug-likeness (QED) is 0.929. The second-order valence-electron chi connectivity index (χ2n) is 3.78. The summed E-state index contributed by atoms with van der Waals surface area (Å²) in [5.74, 6) is 0. The van der Waals surface area contributed by atoms with E-state index in [1.54, 1.807) is 6.07 Å². The summed E-state index contributed by atoms with van der Waals surface area (Å²) in [5.41, 5.74) is 0.905. The summed E-state index contributed by atoms with van der Waals surface area (Å²) in [4.78, 5) is 12.4. The Bertz CT molecular complexity index is 561. The summed E-state index contributed by atoms with van der Waals surface area (Å²) in [5, 5.41) is 13.4. The third-order valence-corrected chi connectivity index (χ3v) is 3.37. The first-order chi connectivity index (χ1) is 9.29. The molecule has 19 heavy (non-hydrogen) atoms. The first-order valence-electron chi connectivity index (χ1n) is 5.70. The van der Waals surface area contributed by atoms with Crippen molar-refractivity contribution in [3.8, 4) is 6.07 Å². The van der Waals surface area contributed by atoms with Crippen molar-refractivity contribution in [1.82, 2.24) is 5.32 Å². The van der Waals surface area contributed by atoms with Crippen molar-refractivity contribution in [3.63, 3.8) is 0 Å². The van der Waals surface area contributed by atoms with Gasteiger partial charge in [0.15, 0.2) is 6.04 Å². The van der Waals surface area contributed by atoms with Crippen molar-refractivity contribution in [2.24, 2.45) is 0 Å². The first-order valence-corrected chi connectivity index (χ1v) is 6.58. The number of nitriles is 1. The second kappa shape index (κ2) is 6.57. The van der Waals surface area contributed by atoms with E-state index < -0.39 is 12.1 Å². The van der Waals surface area contributed by atoms with Crippen molar-refractivity contribution in [2.75, 3.05) is 0 Å². The van der Waals surface area contributed by atoms with Crippen LogP contribution in [0.1, 0.15) is 16.5 Å². The summed E-state index contributed by atoms with van der Waals surface area (Å²) in [6.45, 7) is 0.190. The number of nitrogens with one attached hydrogen (secondary N) is 1. The van der Waals surface area contributed by atoms with Gasteiger partial charge in [-0.25, -0.2) is 4.79 Å². The number of hydrogen-bond donors (Lipinski definition) is 1. The average Bonchev–Trinajstić information content (AvgIpc) is 2.97. The van der Waals surface area contributed by atoms with Gasteiger partial charge in [-0.1, -0.05) is 36.4 Å². The fourth-order valence-corrected chi connectivity index (χ4v) is 2.22. The molecule has 1 N–H and O–H groups in total. The lowest BCUT2D eigenvalue weighted by Gasteiger charge is -2.10. The van der Waals surface area contributed by atoms with E-state index in [0.717, 1.165) is 10.4 Å². The molecule has 96 valence electrons. The van der Waals surface area contributed by atoms with Crippen LogP contribution in [-0.4, -0.2) is 6.09 Å². The molecule has 0 fully saturated rings. The number of rotatable bonds is 4. The van der Waals surface area contributed by atoms with Gasteiger partial charge in [0, 0.05) is 4.88 Å². The molecule has 0 saturated heterocycles. The predicted octanol–water partition coefficient (Wildman–Crippen LogP) is 3.24. The Hall–Kier alpha value is -2.32. The van der Waals surface area contributed by atoms with Gasteiger partial charge in [-0.2, -0.15) is 5.26 Å². The van der Waals surface area contributed by atoms with Crippen LogP contribution in [0.3, 0.4) is 0 Å². The Morgan fingerprint density at radius 3 is 2.74 bits per heavy atom. The van der Waals surface area contributed by atoms with Gasteiger partial charge in [-0.3, -0.25) is 0 Å². The van der Waals surface area contributed by atoms with Crippen molar-refractivity contribution in [3.05, 3.63) is 58.3 Å². The predicted molar refractivity (Wildman–Crippen MR) is 72.4 cm³/mol. The van der Waals surface area contributed by atoms with Crippen LogP contribution in [0.5, 0.6) is 0 Å². The van der Waals surface area contributed by atoms with E-state index in [0.29, 0.717) is 0 Å². The summed E-state index contributed by atoms with van der Waals surface area (Å²) >= 11 is 1.42. The van der Waals surface area contributed by atoms with Gasteiger partial charge in [0.25, 0.3) is 0 Å². The van der Waals surface area contributed by atoms with Crippen molar-refractivity contribution in [2.45, 2.75) is 12.6 Å². The Kier molecular flexibility index (Phi) is 4.54. The van der Waals surface area contributed by atoms with E-state index in [9.17, 15) is 4.79 Å². The fraction of sp³-hybridized carbons (Fsp3) is 0.143. The zero-order valence-corrected chi connectivity index (χ0v) is 10.9. The van der Waals surface area contributed by atoms with Gasteiger partial charge in [-0.05, 0) is 17.0 Å². The maximum atomic E-state index is 11.6. The molecule has 0 aliphatic carbocycles. The number of alkyl carbamates (subject to hydrolysis) is 1. The maximum Gasteiger partial charge on any atom is 0.408 e. The van der Waals surface area contributed by atoms with Gasteiger partial charge in [0.1, 0.15) is 6.61 Å². The van der Waals surface area contributed by atoms with Crippen LogP contribution in [-0.2, 0) is 11.3 Å². The molecule has 2 aromatic rings. The molecule has 0 aliphatic rings. The number of carbonyl (C=O) groups excluding carboxylic acids is 1. The van der Waals surface area contributed by atoms with Gasteiger partial charge in [0.2, 0.25) is 0 Å². The van der Waals surface area contributed by atoms with Gasteiger partial charge >= 0.3 is 6.09 Å². The third kappa shape index (κ3) is 3.83. The molecule has 5 heteroatoms. The number of ether oxygens (including phenoxy) is 1. The molecule has 1 amide bonds. The standard InChI is InChI=1S/C14H12N2O2S/c15-9-12(13-7-4-8-19-13)16-14(17)18-10-11-5-2-1-3-6-11/h1-8,12H,10H2,(H,16,17). The normalized spacial score (nSPS) is 11.3. The molecule has 4 nitrogen and oxygen atoms in total. The smallest absolute Gasteiger partial charge is 0.408 e. The van der Waals surface area contributed by atoms with E-state index >= 15 is 0 Å². The van der Waals surface area contributed by atoms with E-state index in [4.69, 9.17) is 10.00 Å². The largest absolute Gasteiger partial charge is 0.445 e. The third-order valence-electron chi connectivity index (χ3n) is 2.43. The van der Waals surface area contributed by atoms with E-state index in [1.807, 2.05) is 47.8 Å². The first kappa shape index (κ1) is 13.1. The zero-order valence-electron chi connectivity index (χ0n) is 10.1. The minimum atomic E-state index is -0.664. The van der Waals surface area contributed by atoms with Gasteiger partial charge in [-0.15, -0.1) is 11.3 Å². The van der Waals surface area contributed by atoms with E-state index in [-0.39, 0.29) is 6.61 Å². The SMILES string of the molecule is N#CC(NC(=O)OCc1ccccc1)c1cccs1. The minimum Gasteiger partial charge on any atom is -0.445 e. The minimum absolute atomic E-state index is 0.190. The van der Waals surface area contributed by atoms with Crippen LogP contribution in [0.15, 0.2) is 47.8 Å². The average molecular weight is 272 g/mol. The summed E-state index contributed by atoms with van der Waals surface area (Å²) in [6.07, 6.45) is -0.594. The molecule has 1 unspecified atom stereocenters. The summed E-state index contributed by atoms with van der Waals surface area (Å²) < 4.78 is 5.06. The molecule has 1 atom stereocenters. The molecule has 0 saturated carbocycles. The Morgan fingerprint density at radius 2 is 2.11 bits per heavy atom. The molecule has 2 rings (SSSR count). The fourth-order valence-electron chi connectivity index (χ4n) is 1.51. The number of benzene rings is 1. The summed E-state index contributed by atoms with van der Waals surface area (Å²) in [7, 11) is 0. The number of carbonyl (C=O) groups is 1. The van der Waals surface area contributed by atoms with Crippen LogP contribution in [0, 0.1) is 11.3 Å². The highest BCUT2D eigenvalue weighted by Crippen LogP contribution is 2.18. The molecule has 0 spiro atoms. The number of amides is 1. The lowest BCUT2D eigenvalue weighted by atomic mass is 10.2. The van der Waals surface area contributed by atoms with Crippen LogP contribution >= 0.6 is 11.3 Å². The summed E-state index contributed by atoms with van der Waals surface area (Å²) in [6, 6.07) is 14.4. The molecular formula is C14H12N2O2S. The number of nitrogens with zero attached hydrogens (tertiary/aromatic N) is 1. The Morgan fingerprint density at radius 1 is 1.32 bits per heavy atom. The van der Waals surface area contributed by atoms with Gasteiger partial charge < -0.3 is 10.1 Å². The number of hydrogen-bond acceptors (Lipinski definition) is 4. The molecular weight excluding hydrogens is 260 g/mol. The molecule has 0 bridgehead atoms. The lowest BCUT2D eigenvalue weighted by Crippen LogP contribution is -2.27. The molecule has 1 aromatic carbocycles. The van der Waals surface area contributed by atoms with E-state index in [2.05, 4.69) is 5.32 Å². The van der Waals surface area contributed by atoms with Crippen LogP contribution in [0.25, 0.3) is 0 Å². The monoisotopic (exact) mass is 272 g/mol. The molecule has 0 radical (unpaired) electrons. The zero-order chi connectivity index (χ0) is 13.5. The Labute approximate surface area is 115 Å². The highest BCUT2D eigenvalue weighted by Gasteiger charge is 2.15. The maximum absolute atomic E-state index is 11.6. The highest BCUT2D eigenvalue weighted by molar-refractivity contribution is 7.10. The highest BCUT2D eigenvalue weighted by atomic mass is 32.1.